The van der Waals surface area contributed by atoms with Gasteiger partial charge in [0, 0.05) is 23.2 Å². The zero-order valence-electron chi connectivity index (χ0n) is 14.0. The molecule has 130 valence electrons. The second-order valence-corrected chi connectivity index (χ2v) is 7.69. The van der Waals surface area contributed by atoms with Crippen LogP contribution in [0, 0.1) is 6.92 Å². The molecule has 3 N–H and O–H groups in total. The molecule has 0 saturated carbocycles. The number of hydrogen-bond donors (Lipinski definition) is 2. The number of anilines is 2. The highest BCUT2D eigenvalue weighted by Gasteiger charge is 2.20. The molecule has 0 radical (unpaired) electrons. The highest BCUT2D eigenvalue weighted by Crippen LogP contribution is 2.37. The molecular formula is C19H16N4O2S. The minimum atomic E-state index is -3.79. The Kier molecular flexibility index (Phi) is 3.73. The average Bonchev–Trinajstić information content (AvgIpc) is 2.65. The summed E-state index contributed by atoms with van der Waals surface area (Å²) in [6.07, 6.45) is 3.30. The van der Waals surface area contributed by atoms with Crippen molar-refractivity contribution >= 4 is 43.2 Å². The smallest absolute Gasteiger partial charge is 0.261 e. The van der Waals surface area contributed by atoms with Gasteiger partial charge in [-0.2, -0.15) is 0 Å². The zero-order valence-corrected chi connectivity index (χ0v) is 14.8. The van der Waals surface area contributed by atoms with Gasteiger partial charge in [0.25, 0.3) is 10.0 Å². The first kappa shape index (κ1) is 16.3. The lowest BCUT2D eigenvalue weighted by Crippen LogP contribution is -2.15. The second-order valence-electron chi connectivity index (χ2n) is 6.01. The van der Waals surface area contributed by atoms with E-state index in [-0.39, 0.29) is 4.90 Å². The molecule has 4 rings (SSSR count). The lowest BCUT2D eigenvalue weighted by atomic mass is 10.1. The Bertz CT molecular complexity index is 1240. The van der Waals surface area contributed by atoms with Gasteiger partial charge in [-0.05, 0) is 43.3 Å². The van der Waals surface area contributed by atoms with E-state index in [2.05, 4.69) is 14.7 Å². The van der Waals surface area contributed by atoms with Crippen molar-refractivity contribution in [3.8, 4) is 0 Å². The van der Waals surface area contributed by atoms with Crippen molar-refractivity contribution in [1.29, 1.82) is 0 Å². The zero-order chi connectivity index (χ0) is 18.3. The van der Waals surface area contributed by atoms with Crippen LogP contribution in [0.3, 0.4) is 0 Å². The molecule has 2 aromatic carbocycles. The Hall–Kier alpha value is -3.19. The van der Waals surface area contributed by atoms with Crippen LogP contribution in [-0.4, -0.2) is 18.4 Å². The van der Waals surface area contributed by atoms with Gasteiger partial charge in [0.2, 0.25) is 0 Å². The first-order valence-corrected chi connectivity index (χ1v) is 9.46. The molecule has 0 saturated heterocycles. The SMILES string of the molecule is Cc1ccc(S(=O)(=O)Nc2c(N)c3cccnc3c3ncccc23)cc1. The fourth-order valence-corrected chi connectivity index (χ4v) is 4.01. The second kappa shape index (κ2) is 5.96. The van der Waals surface area contributed by atoms with Crippen LogP contribution in [0.5, 0.6) is 0 Å². The first-order chi connectivity index (χ1) is 12.5. The quantitative estimate of drug-likeness (QED) is 0.329. The molecule has 7 heteroatoms. The fourth-order valence-electron chi connectivity index (χ4n) is 2.91. The number of hydrogen-bond acceptors (Lipinski definition) is 5. The van der Waals surface area contributed by atoms with Crippen molar-refractivity contribution in [2.45, 2.75) is 11.8 Å². The molecule has 0 spiro atoms. The standard InChI is InChI=1S/C19H16N4O2S/c1-12-6-8-13(9-7-12)26(24,25)23-17-15-5-3-11-22-19(15)18-14(16(17)20)4-2-10-21-18/h2-11,23H,20H2,1H3. The van der Waals surface area contributed by atoms with Gasteiger partial charge < -0.3 is 5.73 Å². The number of nitrogen functional groups attached to an aromatic ring is 1. The van der Waals surface area contributed by atoms with E-state index >= 15 is 0 Å². The van der Waals surface area contributed by atoms with Crippen LogP contribution < -0.4 is 10.5 Å². The number of nitrogens with two attached hydrogens (primary N) is 1. The Balaban J connectivity index is 1.96. The molecular weight excluding hydrogens is 348 g/mol. The normalized spacial score (nSPS) is 11.7. The third kappa shape index (κ3) is 2.62. The fraction of sp³-hybridized carbons (Fsp3) is 0.0526. The van der Waals surface area contributed by atoms with E-state index in [1.165, 1.54) is 0 Å². The van der Waals surface area contributed by atoms with E-state index in [4.69, 9.17) is 5.73 Å². The maximum atomic E-state index is 12.8. The van der Waals surface area contributed by atoms with Gasteiger partial charge in [-0.25, -0.2) is 8.42 Å². The highest BCUT2D eigenvalue weighted by atomic mass is 32.2. The largest absolute Gasteiger partial charge is 0.396 e. The van der Waals surface area contributed by atoms with E-state index < -0.39 is 10.0 Å². The Morgan fingerprint density at radius 2 is 1.46 bits per heavy atom. The number of rotatable bonds is 3. The summed E-state index contributed by atoms with van der Waals surface area (Å²) in [5.74, 6) is 0. The first-order valence-electron chi connectivity index (χ1n) is 7.98. The van der Waals surface area contributed by atoms with Crippen molar-refractivity contribution < 1.29 is 8.42 Å². The third-order valence-electron chi connectivity index (χ3n) is 4.24. The van der Waals surface area contributed by atoms with Gasteiger partial charge in [-0.1, -0.05) is 17.7 Å². The molecule has 0 fully saturated rings. The minimum absolute atomic E-state index is 0.172. The minimum Gasteiger partial charge on any atom is -0.396 e. The number of pyridine rings is 2. The maximum absolute atomic E-state index is 12.8. The lowest BCUT2D eigenvalue weighted by molar-refractivity contribution is 0.601. The molecule has 0 aliphatic rings. The molecule has 0 amide bonds. The van der Waals surface area contributed by atoms with E-state index in [1.54, 1.807) is 60.9 Å². The van der Waals surface area contributed by atoms with Crippen molar-refractivity contribution in [3.63, 3.8) is 0 Å². The highest BCUT2D eigenvalue weighted by molar-refractivity contribution is 7.92. The summed E-state index contributed by atoms with van der Waals surface area (Å²) < 4.78 is 28.3. The topological polar surface area (TPSA) is 98.0 Å². The predicted molar refractivity (Wildman–Crippen MR) is 103 cm³/mol. The molecule has 0 aliphatic heterocycles. The molecule has 0 unspecified atom stereocenters. The van der Waals surface area contributed by atoms with Crippen molar-refractivity contribution in [3.05, 3.63) is 66.5 Å². The number of aromatic nitrogens is 2. The summed E-state index contributed by atoms with van der Waals surface area (Å²) in [6.45, 7) is 1.90. The molecule has 2 aromatic heterocycles. The molecule has 2 heterocycles. The summed E-state index contributed by atoms with van der Waals surface area (Å²) in [6, 6.07) is 13.7. The van der Waals surface area contributed by atoms with Crippen molar-refractivity contribution in [1.82, 2.24) is 9.97 Å². The van der Waals surface area contributed by atoms with Gasteiger partial charge in [-0.15, -0.1) is 0 Å². The number of nitrogens with zero attached hydrogens (tertiary/aromatic N) is 2. The van der Waals surface area contributed by atoms with Crippen LogP contribution >= 0.6 is 0 Å². The Labute approximate surface area is 150 Å². The summed E-state index contributed by atoms with van der Waals surface area (Å²) in [4.78, 5) is 8.90. The molecule has 6 nitrogen and oxygen atoms in total. The average molecular weight is 364 g/mol. The number of fused-ring (bicyclic) bond motifs is 3. The van der Waals surface area contributed by atoms with Crippen LogP contribution in [0.2, 0.25) is 0 Å². The van der Waals surface area contributed by atoms with Crippen molar-refractivity contribution in [2.75, 3.05) is 10.5 Å². The monoisotopic (exact) mass is 364 g/mol. The summed E-state index contributed by atoms with van der Waals surface area (Å²) in [5.41, 5.74) is 9.15. The molecule has 0 atom stereocenters. The summed E-state index contributed by atoms with van der Waals surface area (Å²) >= 11 is 0. The lowest BCUT2D eigenvalue weighted by Gasteiger charge is -2.15. The van der Waals surface area contributed by atoms with E-state index in [1.807, 2.05) is 6.92 Å². The van der Waals surface area contributed by atoms with Gasteiger partial charge in [0.15, 0.2) is 0 Å². The van der Waals surface area contributed by atoms with Crippen LogP contribution in [-0.2, 0) is 10.0 Å². The summed E-state index contributed by atoms with van der Waals surface area (Å²) in [7, 11) is -3.79. The van der Waals surface area contributed by atoms with Crippen LogP contribution in [0.1, 0.15) is 5.56 Å². The van der Waals surface area contributed by atoms with E-state index in [0.29, 0.717) is 33.2 Å². The Morgan fingerprint density at radius 3 is 2.12 bits per heavy atom. The maximum Gasteiger partial charge on any atom is 0.261 e. The van der Waals surface area contributed by atoms with Crippen LogP contribution in [0.15, 0.2) is 65.8 Å². The summed E-state index contributed by atoms with van der Waals surface area (Å²) in [5, 5.41) is 1.26. The predicted octanol–water partition coefficient (Wildman–Crippen LogP) is 3.47. The third-order valence-corrected chi connectivity index (χ3v) is 5.60. The van der Waals surface area contributed by atoms with Gasteiger partial charge in [-0.3, -0.25) is 14.7 Å². The van der Waals surface area contributed by atoms with Crippen LogP contribution in [0.4, 0.5) is 11.4 Å². The van der Waals surface area contributed by atoms with E-state index in [0.717, 1.165) is 5.56 Å². The molecule has 0 aliphatic carbocycles. The van der Waals surface area contributed by atoms with Gasteiger partial charge in [0.05, 0.1) is 27.3 Å². The van der Waals surface area contributed by atoms with Crippen LogP contribution in [0.25, 0.3) is 21.8 Å². The number of aryl methyl sites for hydroxylation is 1. The van der Waals surface area contributed by atoms with Gasteiger partial charge in [0.1, 0.15) is 0 Å². The number of nitrogens with one attached hydrogen (secondary N) is 1. The number of sulfonamides is 1. The van der Waals surface area contributed by atoms with Gasteiger partial charge >= 0.3 is 0 Å². The Morgan fingerprint density at radius 1 is 0.885 bits per heavy atom. The van der Waals surface area contributed by atoms with E-state index in [9.17, 15) is 8.42 Å². The molecule has 26 heavy (non-hydrogen) atoms. The molecule has 4 aromatic rings. The number of benzene rings is 2. The molecule has 0 bridgehead atoms. The van der Waals surface area contributed by atoms with Crippen molar-refractivity contribution in [2.24, 2.45) is 0 Å².